The van der Waals surface area contributed by atoms with Gasteiger partial charge in [-0.3, -0.25) is 4.79 Å². The van der Waals surface area contributed by atoms with Crippen LogP contribution in [0.5, 0.6) is 0 Å². The number of benzene rings is 2. The molecule has 5 heteroatoms. The monoisotopic (exact) mass is 366 g/mol. The highest BCUT2D eigenvalue weighted by molar-refractivity contribution is 9.10. The summed E-state index contributed by atoms with van der Waals surface area (Å²) >= 11 is 9.47. The number of likely N-dealkylation sites (N-methyl/N-ethyl adjacent to an activating group) is 1. The molecule has 0 atom stereocenters. The van der Waals surface area contributed by atoms with E-state index in [0.29, 0.717) is 16.3 Å². The number of rotatable bonds is 5. The fraction of sp³-hybridized carbons (Fsp3) is 0.188. The molecule has 0 aliphatic heterocycles. The Morgan fingerprint density at radius 2 is 2.00 bits per heavy atom. The Kier molecular flexibility index (Phi) is 5.79. The summed E-state index contributed by atoms with van der Waals surface area (Å²) in [6.45, 7) is 0.823. The minimum absolute atomic E-state index is 0.147. The molecule has 2 aromatic carbocycles. The van der Waals surface area contributed by atoms with Gasteiger partial charge in [0.25, 0.3) is 5.91 Å². The predicted octanol–water partition coefficient (Wildman–Crippen LogP) is 4.12. The largest absolute Gasteiger partial charge is 0.321 e. The first kappa shape index (κ1) is 16.0. The average molecular weight is 368 g/mol. The molecule has 0 heterocycles. The lowest BCUT2D eigenvalue weighted by molar-refractivity contribution is 0.102. The quantitative estimate of drug-likeness (QED) is 0.835. The standard InChI is InChI=1S/C16H16BrClN2O/c1-19-9-8-11-4-2-3-5-13(11)16(21)20-15-7-6-12(17)10-14(15)18/h2-7,10,19H,8-9H2,1H3,(H,20,21). The topological polar surface area (TPSA) is 41.1 Å². The highest BCUT2D eigenvalue weighted by Crippen LogP contribution is 2.26. The molecule has 2 N–H and O–H groups in total. The summed E-state index contributed by atoms with van der Waals surface area (Å²) in [6, 6.07) is 13.0. The minimum Gasteiger partial charge on any atom is -0.321 e. The van der Waals surface area contributed by atoms with Gasteiger partial charge in [-0.15, -0.1) is 0 Å². The maximum Gasteiger partial charge on any atom is 0.255 e. The highest BCUT2D eigenvalue weighted by atomic mass is 79.9. The first-order valence-corrected chi connectivity index (χ1v) is 7.78. The Bertz CT molecular complexity index is 646. The van der Waals surface area contributed by atoms with Crippen LogP contribution in [0.4, 0.5) is 5.69 Å². The van der Waals surface area contributed by atoms with Crippen molar-refractivity contribution in [1.29, 1.82) is 0 Å². The fourth-order valence-corrected chi connectivity index (χ4v) is 2.72. The second kappa shape index (κ2) is 7.59. The maximum atomic E-state index is 12.4. The molecule has 0 unspecified atom stereocenters. The van der Waals surface area contributed by atoms with Crippen LogP contribution < -0.4 is 10.6 Å². The van der Waals surface area contributed by atoms with Gasteiger partial charge in [0.05, 0.1) is 10.7 Å². The summed E-state index contributed by atoms with van der Waals surface area (Å²) in [7, 11) is 1.89. The van der Waals surface area contributed by atoms with E-state index < -0.39 is 0 Å². The molecule has 2 aromatic rings. The first-order chi connectivity index (χ1) is 10.1. The van der Waals surface area contributed by atoms with Crippen molar-refractivity contribution in [3.05, 3.63) is 63.1 Å². The van der Waals surface area contributed by atoms with Crippen LogP contribution in [0, 0.1) is 0 Å². The smallest absolute Gasteiger partial charge is 0.255 e. The van der Waals surface area contributed by atoms with Crippen molar-refractivity contribution < 1.29 is 4.79 Å². The summed E-state index contributed by atoms with van der Waals surface area (Å²) in [4.78, 5) is 12.4. The van der Waals surface area contributed by atoms with Gasteiger partial charge in [-0.2, -0.15) is 0 Å². The van der Waals surface area contributed by atoms with E-state index in [0.717, 1.165) is 23.0 Å². The molecule has 0 aromatic heterocycles. The molecule has 0 radical (unpaired) electrons. The molecular weight excluding hydrogens is 352 g/mol. The van der Waals surface area contributed by atoms with Crippen molar-refractivity contribution in [1.82, 2.24) is 5.32 Å². The van der Waals surface area contributed by atoms with Gasteiger partial charge in [0.15, 0.2) is 0 Å². The Balaban J connectivity index is 2.20. The predicted molar refractivity (Wildman–Crippen MR) is 91.2 cm³/mol. The Hall–Kier alpha value is -1.36. The normalized spacial score (nSPS) is 10.4. The molecule has 0 saturated carbocycles. The average Bonchev–Trinajstić information content (AvgIpc) is 2.48. The molecule has 21 heavy (non-hydrogen) atoms. The number of halogens is 2. The molecule has 0 bridgehead atoms. The van der Waals surface area contributed by atoms with E-state index in [-0.39, 0.29) is 5.91 Å². The number of carbonyl (C=O) groups excluding carboxylic acids is 1. The van der Waals surface area contributed by atoms with E-state index in [9.17, 15) is 4.79 Å². The molecule has 0 aliphatic rings. The number of nitrogens with one attached hydrogen (secondary N) is 2. The van der Waals surface area contributed by atoms with Crippen molar-refractivity contribution in [3.8, 4) is 0 Å². The van der Waals surface area contributed by atoms with Gasteiger partial charge >= 0.3 is 0 Å². The van der Waals surface area contributed by atoms with Crippen LogP contribution in [0.2, 0.25) is 5.02 Å². The SMILES string of the molecule is CNCCc1ccccc1C(=O)Nc1ccc(Br)cc1Cl. The highest BCUT2D eigenvalue weighted by Gasteiger charge is 2.12. The van der Waals surface area contributed by atoms with Crippen LogP contribution in [0.1, 0.15) is 15.9 Å². The molecule has 0 saturated heterocycles. The Labute approximate surface area is 137 Å². The van der Waals surface area contributed by atoms with E-state index in [1.165, 1.54) is 0 Å². The van der Waals surface area contributed by atoms with Crippen molar-refractivity contribution in [3.63, 3.8) is 0 Å². The molecule has 110 valence electrons. The van der Waals surface area contributed by atoms with Crippen molar-refractivity contribution in [2.45, 2.75) is 6.42 Å². The number of carbonyl (C=O) groups is 1. The number of anilines is 1. The summed E-state index contributed by atoms with van der Waals surface area (Å²) < 4.78 is 0.875. The number of amides is 1. The van der Waals surface area contributed by atoms with Gasteiger partial charge in [0.2, 0.25) is 0 Å². The number of hydrogen-bond donors (Lipinski definition) is 2. The molecule has 0 fully saturated rings. The van der Waals surface area contributed by atoms with Crippen molar-refractivity contribution in [2.75, 3.05) is 18.9 Å². The van der Waals surface area contributed by atoms with Crippen LogP contribution in [0.25, 0.3) is 0 Å². The van der Waals surface area contributed by atoms with Gasteiger partial charge < -0.3 is 10.6 Å². The van der Waals surface area contributed by atoms with Crippen molar-refractivity contribution in [2.24, 2.45) is 0 Å². The zero-order chi connectivity index (χ0) is 15.2. The lowest BCUT2D eigenvalue weighted by atomic mass is 10.0. The summed E-state index contributed by atoms with van der Waals surface area (Å²) in [5.74, 6) is -0.147. The summed E-state index contributed by atoms with van der Waals surface area (Å²) in [5, 5.41) is 6.45. The molecule has 1 amide bonds. The van der Waals surface area contributed by atoms with E-state index in [4.69, 9.17) is 11.6 Å². The van der Waals surface area contributed by atoms with Gasteiger partial charge in [0.1, 0.15) is 0 Å². The van der Waals surface area contributed by atoms with E-state index >= 15 is 0 Å². The minimum atomic E-state index is -0.147. The summed E-state index contributed by atoms with van der Waals surface area (Å²) in [5.41, 5.74) is 2.29. The van der Waals surface area contributed by atoms with Crippen LogP contribution in [0.3, 0.4) is 0 Å². The zero-order valence-corrected chi connectivity index (χ0v) is 14.0. The third-order valence-corrected chi connectivity index (χ3v) is 3.89. The zero-order valence-electron chi connectivity index (χ0n) is 11.6. The molecular formula is C16H16BrClN2O. The van der Waals surface area contributed by atoms with E-state index in [1.54, 1.807) is 12.1 Å². The van der Waals surface area contributed by atoms with Crippen LogP contribution >= 0.6 is 27.5 Å². The summed E-state index contributed by atoms with van der Waals surface area (Å²) in [6.07, 6.45) is 0.800. The van der Waals surface area contributed by atoms with Gasteiger partial charge in [-0.05, 0) is 49.8 Å². The second-order valence-corrected chi connectivity index (χ2v) is 5.91. The first-order valence-electron chi connectivity index (χ1n) is 6.60. The van der Waals surface area contributed by atoms with Crippen molar-refractivity contribution >= 4 is 39.1 Å². The van der Waals surface area contributed by atoms with Crippen LogP contribution in [0.15, 0.2) is 46.9 Å². The number of hydrogen-bond acceptors (Lipinski definition) is 2. The van der Waals surface area contributed by atoms with Gasteiger partial charge in [-0.1, -0.05) is 45.7 Å². The van der Waals surface area contributed by atoms with Crippen LogP contribution in [-0.4, -0.2) is 19.5 Å². The molecule has 0 aliphatic carbocycles. The lowest BCUT2D eigenvalue weighted by Gasteiger charge is -2.11. The lowest BCUT2D eigenvalue weighted by Crippen LogP contribution is -2.17. The maximum absolute atomic E-state index is 12.4. The Morgan fingerprint density at radius 1 is 1.24 bits per heavy atom. The van der Waals surface area contributed by atoms with E-state index in [1.807, 2.05) is 37.4 Å². The van der Waals surface area contributed by atoms with Gasteiger partial charge in [0, 0.05) is 10.0 Å². The fourth-order valence-electron chi connectivity index (χ4n) is 2.00. The van der Waals surface area contributed by atoms with Crippen LogP contribution in [-0.2, 0) is 6.42 Å². The molecule has 2 rings (SSSR count). The van der Waals surface area contributed by atoms with E-state index in [2.05, 4.69) is 26.6 Å². The third-order valence-electron chi connectivity index (χ3n) is 3.09. The van der Waals surface area contributed by atoms with Gasteiger partial charge in [-0.25, -0.2) is 0 Å². The second-order valence-electron chi connectivity index (χ2n) is 4.59. The molecule has 0 spiro atoms. The molecule has 3 nitrogen and oxygen atoms in total. The third kappa shape index (κ3) is 4.30. The Morgan fingerprint density at radius 3 is 2.71 bits per heavy atom.